The molecule has 8 aromatic carbocycles. The Labute approximate surface area is 314 Å². The number of rotatable bonds is 6. The highest BCUT2D eigenvalue weighted by molar-refractivity contribution is 7.22. The standard InChI is InChI=1S/C49H30N2O2S/c1-3-12-31(13-4-1)36-16-7-8-17-37(36)32-22-24-34(25-23-32)51(41-19-11-21-44-46(41)38-18-9-10-20-42(38)52-44)35-26-28-43-39(30-35)47-45(53-43)29-27-40-48(47)54-49(50-40)33-14-5-2-6-15-33/h1-30H. The summed E-state index contributed by atoms with van der Waals surface area (Å²) in [7, 11) is 0. The maximum Gasteiger partial charge on any atom is 0.137 e. The average molecular weight is 711 g/mol. The number of nitrogens with zero attached hydrogens (tertiary/aromatic N) is 2. The lowest BCUT2D eigenvalue weighted by Gasteiger charge is -2.26. The summed E-state index contributed by atoms with van der Waals surface area (Å²) in [5.74, 6) is 0. The van der Waals surface area contributed by atoms with E-state index in [1.165, 1.54) is 16.7 Å². The summed E-state index contributed by atoms with van der Waals surface area (Å²) < 4.78 is 14.0. The Morgan fingerprint density at radius 2 is 1.02 bits per heavy atom. The van der Waals surface area contributed by atoms with E-state index in [0.717, 1.165) is 87.3 Å². The fourth-order valence-corrected chi connectivity index (χ4v) is 8.96. The third-order valence-corrected chi connectivity index (χ3v) is 11.5. The molecule has 11 aromatic rings. The molecule has 0 saturated carbocycles. The summed E-state index contributed by atoms with van der Waals surface area (Å²) in [6.45, 7) is 0. The number of furan rings is 2. The zero-order chi connectivity index (χ0) is 35.6. The van der Waals surface area contributed by atoms with Crippen molar-refractivity contribution in [1.82, 2.24) is 4.98 Å². The fraction of sp³-hybridized carbons (Fsp3) is 0. The summed E-state index contributed by atoms with van der Waals surface area (Å²) in [6.07, 6.45) is 0. The highest BCUT2D eigenvalue weighted by Crippen LogP contribution is 2.46. The maximum atomic E-state index is 6.49. The van der Waals surface area contributed by atoms with Gasteiger partial charge in [-0.3, -0.25) is 0 Å². The average Bonchev–Trinajstić information content (AvgIpc) is 3.95. The van der Waals surface area contributed by atoms with Crippen molar-refractivity contribution in [3.05, 3.63) is 182 Å². The van der Waals surface area contributed by atoms with Crippen LogP contribution in [0.25, 0.3) is 86.9 Å². The summed E-state index contributed by atoms with van der Waals surface area (Å²) in [5, 5.41) is 5.29. The predicted molar refractivity (Wildman–Crippen MR) is 225 cm³/mol. The predicted octanol–water partition coefficient (Wildman–Crippen LogP) is 14.6. The molecule has 0 radical (unpaired) electrons. The second-order valence-electron chi connectivity index (χ2n) is 13.5. The first-order chi connectivity index (χ1) is 26.8. The number of hydrogen-bond donors (Lipinski definition) is 0. The van der Waals surface area contributed by atoms with E-state index >= 15 is 0 Å². The van der Waals surface area contributed by atoms with Crippen LogP contribution in [0.4, 0.5) is 17.1 Å². The fourth-order valence-electron chi connectivity index (χ4n) is 7.84. The van der Waals surface area contributed by atoms with Crippen molar-refractivity contribution in [2.75, 3.05) is 4.90 Å². The van der Waals surface area contributed by atoms with Crippen LogP contribution in [0.3, 0.4) is 0 Å². The van der Waals surface area contributed by atoms with E-state index in [4.69, 9.17) is 13.8 Å². The van der Waals surface area contributed by atoms with Gasteiger partial charge in [0.1, 0.15) is 27.3 Å². The van der Waals surface area contributed by atoms with Crippen molar-refractivity contribution in [3.63, 3.8) is 0 Å². The van der Waals surface area contributed by atoms with Gasteiger partial charge in [-0.15, -0.1) is 11.3 Å². The van der Waals surface area contributed by atoms with Crippen LogP contribution in [0.5, 0.6) is 0 Å². The first-order valence-corrected chi connectivity index (χ1v) is 18.8. The Morgan fingerprint density at radius 3 is 1.80 bits per heavy atom. The van der Waals surface area contributed by atoms with Crippen LogP contribution in [-0.2, 0) is 0 Å². The van der Waals surface area contributed by atoms with E-state index in [9.17, 15) is 0 Å². The zero-order valence-electron chi connectivity index (χ0n) is 28.9. The molecule has 4 nitrogen and oxygen atoms in total. The molecule has 0 atom stereocenters. The molecule has 3 aromatic heterocycles. The van der Waals surface area contributed by atoms with Crippen molar-refractivity contribution < 1.29 is 8.83 Å². The van der Waals surface area contributed by atoms with Gasteiger partial charge >= 0.3 is 0 Å². The summed E-state index contributed by atoms with van der Waals surface area (Å²) in [6, 6.07) is 63.7. The molecule has 5 heteroatoms. The quantitative estimate of drug-likeness (QED) is 0.172. The summed E-state index contributed by atoms with van der Waals surface area (Å²) >= 11 is 1.71. The minimum absolute atomic E-state index is 0.843. The van der Waals surface area contributed by atoms with E-state index < -0.39 is 0 Å². The summed E-state index contributed by atoms with van der Waals surface area (Å²) in [5.41, 5.74) is 13.3. The number of anilines is 3. The molecular formula is C49H30N2O2S. The van der Waals surface area contributed by atoms with Gasteiger partial charge in [-0.2, -0.15) is 0 Å². The van der Waals surface area contributed by atoms with Gasteiger partial charge in [0.25, 0.3) is 0 Å². The topological polar surface area (TPSA) is 42.4 Å². The minimum atomic E-state index is 0.843. The largest absolute Gasteiger partial charge is 0.456 e. The highest BCUT2D eigenvalue weighted by Gasteiger charge is 2.22. The minimum Gasteiger partial charge on any atom is -0.456 e. The molecular weight excluding hydrogens is 681 g/mol. The van der Waals surface area contributed by atoms with Gasteiger partial charge in [-0.05, 0) is 82.9 Å². The third kappa shape index (κ3) is 4.94. The Bertz CT molecular complexity index is 3160. The molecule has 0 aliphatic rings. The lowest BCUT2D eigenvalue weighted by atomic mass is 9.94. The molecule has 0 spiro atoms. The normalized spacial score (nSPS) is 11.7. The maximum absolute atomic E-state index is 6.49. The van der Waals surface area contributed by atoms with Gasteiger partial charge in [-0.1, -0.05) is 121 Å². The van der Waals surface area contributed by atoms with Gasteiger partial charge in [0.15, 0.2) is 0 Å². The van der Waals surface area contributed by atoms with Crippen molar-refractivity contribution in [2.45, 2.75) is 0 Å². The molecule has 0 bridgehead atoms. The third-order valence-electron chi connectivity index (χ3n) is 10.3. The molecule has 11 rings (SSSR count). The Morgan fingerprint density at radius 1 is 0.426 bits per heavy atom. The Hall–Kier alpha value is -6.95. The van der Waals surface area contributed by atoms with Gasteiger partial charge < -0.3 is 13.7 Å². The number of fused-ring (bicyclic) bond motifs is 8. The van der Waals surface area contributed by atoms with Gasteiger partial charge in [0.05, 0.1) is 21.3 Å². The van der Waals surface area contributed by atoms with Crippen LogP contribution < -0.4 is 4.90 Å². The molecule has 54 heavy (non-hydrogen) atoms. The van der Waals surface area contributed by atoms with Crippen LogP contribution in [0.1, 0.15) is 0 Å². The monoisotopic (exact) mass is 710 g/mol. The SMILES string of the molecule is c1ccc(-c2nc3ccc4oc5ccc(N(c6ccc(-c7ccccc7-c7ccccc7)cc6)c6cccc7oc8ccccc8c67)cc5c4c3s2)cc1. The van der Waals surface area contributed by atoms with Crippen molar-refractivity contribution in [1.29, 1.82) is 0 Å². The summed E-state index contributed by atoms with van der Waals surface area (Å²) in [4.78, 5) is 7.39. The lowest BCUT2D eigenvalue weighted by Crippen LogP contribution is -2.10. The van der Waals surface area contributed by atoms with Gasteiger partial charge in [-0.25, -0.2) is 4.98 Å². The second-order valence-corrected chi connectivity index (χ2v) is 14.5. The van der Waals surface area contributed by atoms with Crippen LogP contribution in [0.2, 0.25) is 0 Å². The second kappa shape index (κ2) is 12.3. The molecule has 0 fully saturated rings. The van der Waals surface area contributed by atoms with Crippen LogP contribution >= 0.6 is 11.3 Å². The molecule has 0 aliphatic carbocycles. The smallest absolute Gasteiger partial charge is 0.137 e. The van der Waals surface area contributed by atoms with Gasteiger partial charge in [0.2, 0.25) is 0 Å². The first kappa shape index (κ1) is 30.7. The van der Waals surface area contributed by atoms with Crippen molar-refractivity contribution in [2.24, 2.45) is 0 Å². The molecule has 0 aliphatic heterocycles. The zero-order valence-corrected chi connectivity index (χ0v) is 29.8. The molecule has 0 N–H and O–H groups in total. The Kier molecular flexibility index (Phi) is 7.00. The van der Waals surface area contributed by atoms with E-state index in [2.05, 4.69) is 163 Å². The van der Waals surface area contributed by atoms with Crippen LogP contribution in [0.15, 0.2) is 191 Å². The number of benzene rings is 8. The molecule has 3 heterocycles. The molecule has 254 valence electrons. The number of aromatic nitrogens is 1. The van der Waals surface area contributed by atoms with Crippen LogP contribution in [0, 0.1) is 0 Å². The van der Waals surface area contributed by atoms with E-state index in [0.29, 0.717) is 0 Å². The van der Waals surface area contributed by atoms with Crippen LogP contribution in [-0.4, -0.2) is 4.98 Å². The van der Waals surface area contributed by atoms with E-state index in [-0.39, 0.29) is 0 Å². The van der Waals surface area contributed by atoms with Gasteiger partial charge in [0, 0.05) is 33.1 Å². The molecule has 0 amide bonds. The van der Waals surface area contributed by atoms with E-state index in [1.807, 2.05) is 24.3 Å². The first-order valence-electron chi connectivity index (χ1n) is 18.0. The van der Waals surface area contributed by atoms with Crippen molar-refractivity contribution >= 4 is 82.5 Å². The van der Waals surface area contributed by atoms with E-state index in [1.54, 1.807) is 11.3 Å². The highest BCUT2D eigenvalue weighted by atomic mass is 32.1. The van der Waals surface area contributed by atoms with Crippen molar-refractivity contribution in [3.8, 4) is 32.8 Å². The number of para-hydroxylation sites is 1. The Balaban J connectivity index is 1.12. The number of hydrogen-bond acceptors (Lipinski definition) is 5. The molecule has 0 saturated heterocycles. The lowest BCUT2D eigenvalue weighted by molar-refractivity contribution is 0.668. The number of thiazole rings is 1. The molecule has 0 unspecified atom stereocenters.